The number of carbonyl (C=O) groups is 1. The van der Waals surface area contributed by atoms with Gasteiger partial charge in [0, 0.05) is 37.4 Å². The van der Waals surface area contributed by atoms with Crippen molar-refractivity contribution in [2.24, 2.45) is 0 Å². The summed E-state index contributed by atoms with van der Waals surface area (Å²) in [7, 11) is 3.44. The normalized spacial score (nSPS) is 11.1. The SMILES string of the molecule is Cc1ccc(-c2c[nH]c(=S)n2-c2cccc3c2ccn3C(=O)N(C)C)c(O)c1. The second-order valence-corrected chi connectivity index (χ2v) is 7.29. The lowest BCUT2D eigenvalue weighted by molar-refractivity contribution is 0.220. The van der Waals surface area contributed by atoms with Crippen LogP contribution < -0.4 is 0 Å². The van der Waals surface area contributed by atoms with E-state index in [1.54, 1.807) is 37.1 Å². The zero-order chi connectivity index (χ0) is 20.0. The number of benzene rings is 2. The Hall–Kier alpha value is -3.32. The molecule has 2 aromatic carbocycles. The van der Waals surface area contributed by atoms with Gasteiger partial charge in [-0.2, -0.15) is 0 Å². The predicted molar refractivity (Wildman–Crippen MR) is 113 cm³/mol. The molecule has 0 aliphatic carbocycles. The Kier molecular flexibility index (Phi) is 4.31. The average molecular weight is 392 g/mol. The molecule has 0 atom stereocenters. The van der Waals surface area contributed by atoms with Crippen molar-refractivity contribution in [3.63, 3.8) is 0 Å². The second kappa shape index (κ2) is 6.69. The quantitative estimate of drug-likeness (QED) is 0.486. The lowest BCUT2D eigenvalue weighted by atomic mass is 10.1. The summed E-state index contributed by atoms with van der Waals surface area (Å²) in [6.45, 7) is 1.93. The van der Waals surface area contributed by atoms with Crippen molar-refractivity contribution in [2.45, 2.75) is 6.92 Å². The Morgan fingerprint density at radius 1 is 1.18 bits per heavy atom. The van der Waals surface area contributed by atoms with Gasteiger partial charge in [0.15, 0.2) is 4.77 Å². The summed E-state index contributed by atoms with van der Waals surface area (Å²) in [6.07, 6.45) is 3.54. The zero-order valence-corrected chi connectivity index (χ0v) is 16.6. The van der Waals surface area contributed by atoms with Gasteiger partial charge in [0.2, 0.25) is 0 Å². The number of aromatic nitrogens is 3. The summed E-state index contributed by atoms with van der Waals surface area (Å²) in [5.41, 5.74) is 4.03. The Labute approximate surface area is 167 Å². The number of phenolic OH excluding ortho intramolecular Hbond substituents is 1. The average Bonchev–Trinajstić information content (AvgIpc) is 3.24. The number of aryl methyl sites for hydroxylation is 1. The molecule has 7 heteroatoms. The number of phenols is 1. The van der Waals surface area contributed by atoms with Crippen LogP contribution in [0.15, 0.2) is 54.9 Å². The van der Waals surface area contributed by atoms with E-state index < -0.39 is 0 Å². The summed E-state index contributed by atoms with van der Waals surface area (Å²) in [4.78, 5) is 17.1. The molecule has 2 aromatic heterocycles. The number of nitrogens with one attached hydrogen (secondary N) is 1. The Morgan fingerprint density at radius 2 is 1.96 bits per heavy atom. The third-order valence-electron chi connectivity index (χ3n) is 4.75. The van der Waals surface area contributed by atoms with Crippen LogP contribution >= 0.6 is 12.2 Å². The molecule has 28 heavy (non-hydrogen) atoms. The summed E-state index contributed by atoms with van der Waals surface area (Å²) in [5.74, 6) is 0.190. The Bertz CT molecular complexity index is 1260. The molecule has 2 heterocycles. The molecule has 0 aliphatic rings. The topological polar surface area (TPSA) is 66.2 Å². The van der Waals surface area contributed by atoms with Crippen molar-refractivity contribution in [3.05, 3.63) is 65.2 Å². The first-order chi connectivity index (χ1) is 13.4. The van der Waals surface area contributed by atoms with Crippen molar-refractivity contribution >= 4 is 29.2 Å². The van der Waals surface area contributed by atoms with Crippen molar-refractivity contribution in [3.8, 4) is 22.7 Å². The first-order valence-corrected chi connectivity index (χ1v) is 9.22. The lowest BCUT2D eigenvalue weighted by Gasteiger charge is -2.14. The van der Waals surface area contributed by atoms with Crippen molar-refractivity contribution in [1.29, 1.82) is 0 Å². The van der Waals surface area contributed by atoms with E-state index in [0.717, 1.165) is 27.8 Å². The fourth-order valence-corrected chi connectivity index (χ4v) is 3.65. The minimum Gasteiger partial charge on any atom is -0.507 e. The molecule has 0 bridgehead atoms. The van der Waals surface area contributed by atoms with Crippen LogP contribution in [0.1, 0.15) is 5.56 Å². The number of carbonyl (C=O) groups excluding carboxylic acids is 1. The number of aromatic hydroxyl groups is 1. The third kappa shape index (κ3) is 2.80. The number of amides is 1. The molecule has 4 rings (SSSR count). The standard InChI is InChI=1S/C21H20N4O2S/c1-13-7-8-15(19(26)11-13)18-12-22-20(28)25(18)17-6-4-5-16-14(17)9-10-24(16)21(27)23(2)3/h4-12,26H,1-3H3,(H,22,28). The minimum absolute atomic E-state index is 0.124. The molecule has 0 unspecified atom stereocenters. The van der Waals surface area contributed by atoms with Gasteiger partial charge in [-0.05, 0) is 55.0 Å². The molecule has 142 valence electrons. The van der Waals surface area contributed by atoms with E-state index in [0.29, 0.717) is 10.3 Å². The second-order valence-electron chi connectivity index (χ2n) is 6.91. The van der Waals surface area contributed by atoms with E-state index >= 15 is 0 Å². The zero-order valence-electron chi connectivity index (χ0n) is 15.8. The lowest BCUT2D eigenvalue weighted by Crippen LogP contribution is -2.26. The molecule has 0 saturated heterocycles. The van der Waals surface area contributed by atoms with Crippen molar-refractivity contribution in [1.82, 2.24) is 19.0 Å². The van der Waals surface area contributed by atoms with Gasteiger partial charge in [-0.1, -0.05) is 12.1 Å². The van der Waals surface area contributed by atoms with Gasteiger partial charge in [-0.15, -0.1) is 0 Å². The molecule has 2 N–H and O–H groups in total. The maximum atomic E-state index is 12.5. The molecule has 0 saturated carbocycles. The summed E-state index contributed by atoms with van der Waals surface area (Å²) < 4.78 is 4.00. The highest BCUT2D eigenvalue weighted by Gasteiger charge is 2.17. The van der Waals surface area contributed by atoms with Crippen LogP contribution in [0.25, 0.3) is 27.8 Å². The van der Waals surface area contributed by atoms with Crippen LogP contribution in [-0.4, -0.2) is 44.3 Å². The molecule has 1 amide bonds. The molecule has 0 fully saturated rings. The van der Waals surface area contributed by atoms with Gasteiger partial charge in [-0.3, -0.25) is 9.13 Å². The summed E-state index contributed by atoms with van der Waals surface area (Å²) in [6, 6.07) is 13.1. The van der Waals surface area contributed by atoms with Crippen LogP contribution in [0.3, 0.4) is 0 Å². The van der Waals surface area contributed by atoms with Crippen LogP contribution in [0.2, 0.25) is 0 Å². The molecular formula is C21H20N4O2S. The Balaban J connectivity index is 1.97. The molecular weight excluding hydrogens is 372 g/mol. The maximum absolute atomic E-state index is 12.5. The summed E-state index contributed by atoms with van der Waals surface area (Å²) in [5, 5.41) is 11.4. The molecule has 0 spiro atoms. The van der Waals surface area contributed by atoms with E-state index in [1.165, 1.54) is 4.90 Å². The number of nitrogens with zero attached hydrogens (tertiary/aromatic N) is 3. The van der Waals surface area contributed by atoms with E-state index in [4.69, 9.17) is 12.2 Å². The molecule has 4 aromatic rings. The first-order valence-electron chi connectivity index (χ1n) is 8.81. The number of rotatable bonds is 2. The smallest absolute Gasteiger partial charge is 0.328 e. The number of H-pyrrole nitrogens is 1. The highest BCUT2D eigenvalue weighted by molar-refractivity contribution is 7.71. The molecule has 0 radical (unpaired) electrons. The van der Waals surface area contributed by atoms with Crippen LogP contribution in [0.4, 0.5) is 4.79 Å². The number of imidazole rings is 1. The van der Waals surface area contributed by atoms with Crippen LogP contribution in [0.5, 0.6) is 5.75 Å². The highest BCUT2D eigenvalue weighted by Crippen LogP contribution is 2.34. The highest BCUT2D eigenvalue weighted by atomic mass is 32.1. The van der Waals surface area contributed by atoms with E-state index in [1.807, 2.05) is 47.9 Å². The van der Waals surface area contributed by atoms with Gasteiger partial charge in [0.05, 0.1) is 16.9 Å². The number of hydrogen-bond donors (Lipinski definition) is 2. The fourth-order valence-electron chi connectivity index (χ4n) is 3.39. The number of fused-ring (bicyclic) bond motifs is 1. The maximum Gasteiger partial charge on any atom is 0.328 e. The van der Waals surface area contributed by atoms with E-state index in [2.05, 4.69) is 4.98 Å². The van der Waals surface area contributed by atoms with E-state index in [-0.39, 0.29) is 11.8 Å². The van der Waals surface area contributed by atoms with Crippen LogP contribution in [0, 0.1) is 11.7 Å². The van der Waals surface area contributed by atoms with Crippen LogP contribution in [-0.2, 0) is 0 Å². The van der Waals surface area contributed by atoms with E-state index in [9.17, 15) is 9.90 Å². The fraction of sp³-hybridized carbons (Fsp3) is 0.143. The monoisotopic (exact) mass is 392 g/mol. The molecule has 0 aliphatic heterocycles. The number of hydrogen-bond acceptors (Lipinski definition) is 3. The summed E-state index contributed by atoms with van der Waals surface area (Å²) >= 11 is 5.53. The van der Waals surface area contributed by atoms with Gasteiger partial charge < -0.3 is 15.0 Å². The van der Waals surface area contributed by atoms with Crippen molar-refractivity contribution < 1.29 is 9.90 Å². The molecule has 6 nitrogen and oxygen atoms in total. The third-order valence-corrected chi connectivity index (χ3v) is 5.05. The van der Waals surface area contributed by atoms with Gasteiger partial charge >= 0.3 is 6.03 Å². The Morgan fingerprint density at radius 3 is 2.68 bits per heavy atom. The predicted octanol–water partition coefficient (Wildman–Crippen LogP) is 4.70. The first kappa shape index (κ1) is 18.1. The van der Waals surface area contributed by atoms with Crippen molar-refractivity contribution in [2.75, 3.05) is 14.1 Å². The van der Waals surface area contributed by atoms with Gasteiger partial charge in [-0.25, -0.2) is 4.79 Å². The van der Waals surface area contributed by atoms with Gasteiger partial charge in [0.1, 0.15) is 5.75 Å². The largest absolute Gasteiger partial charge is 0.507 e. The number of aromatic amines is 1. The van der Waals surface area contributed by atoms with Gasteiger partial charge in [0.25, 0.3) is 0 Å². The minimum atomic E-state index is -0.124.